The van der Waals surface area contributed by atoms with E-state index in [2.05, 4.69) is 10.3 Å². The maximum Gasteiger partial charge on any atom is 0.262 e. The number of fused-ring (bicyclic) bond motifs is 3. The van der Waals surface area contributed by atoms with E-state index in [-0.39, 0.29) is 18.0 Å². The minimum atomic E-state index is -0.289. The highest BCUT2D eigenvalue weighted by molar-refractivity contribution is 7.98. The number of carbonyl (C=O) groups excluding carboxylic acids is 1. The quantitative estimate of drug-likeness (QED) is 0.387. The number of amides is 1. The Hall–Kier alpha value is -3.30. The number of carbonyl (C=O) groups is 1. The lowest BCUT2D eigenvalue weighted by atomic mass is 10.1. The van der Waals surface area contributed by atoms with Gasteiger partial charge in [0.25, 0.3) is 5.56 Å². The van der Waals surface area contributed by atoms with E-state index in [4.69, 9.17) is 9.47 Å². The number of aromatic nitrogens is 2. The third kappa shape index (κ3) is 4.80. The van der Waals surface area contributed by atoms with E-state index in [1.165, 1.54) is 15.8 Å². The number of nitrogens with one attached hydrogen (secondary N) is 1. The van der Waals surface area contributed by atoms with Crippen molar-refractivity contribution < 1.29 is 14.3 Å². The zero-order valence-corrected chi connectivity index (χ0v) is 20.2. The third-order valence-corrected chi connectivity index (χ3v) is 7.72. The zero-order chi connectivity index (χ0) is 23.5. The molecular formula is C25H23N3O4S2. The maximum atomic E-state index is 13.0. The van der Waals surface area contributed by atoms with Crippen molar-refractivity contribution >= 4 is 44.9 Å². The Balaban J connectivity index is 1.24. The first-order chi connectivity index (χ1) is 16.6. The Kier molecular flexibility index (Phi) is 6.55. The van der Waals surface area contributed by atoms with Crippen LogP contribution >= 0.6 is 23.1 Å². The number of thiophene rings is 1. The van der Waals surface area contributed by atoms with Crippen molar-refractivity contribution in [3.05, 3.63) is 75.7 Å². The second-order valence-electron chi connectivity index (χ2n) is 7.74. The fraction of sp³-hybridized carbons (Fsp3) is 0.240. The maximum absolute atomic E-state index is 13.0. The number of ether oxygens (including phenoxy) is 2. The van der Waals surface area contributed by atoms with Gasteiger partial charge in [-0.25, -0.2) is 4.98 Å². The fourth-order valence-corrected chi connectivity index (χ4v) is 6.14. The minimum absolute atomic E-state index is 0.0917. The van der Waals surface area contributed by atoms with Crippen LogP contribution in [0.25, 0.3) is 10.2 Å². The molecule has 2 aromatic carbocycles. The van der Waals surface area contributed by atoms with E-state index < -0.39 is 0 Å². The molecule has 0 bridgehead atoms. The number of aryl methyl sites for hydroxylation is 1. The third-order valence-electron chi connectivity index (χ3n) is 5.41. The molecule has 1 N–H and O–H groups in total. The van der Waals surface area contributed by atoms with Crippen molar-refractivity contribution in [1.29, 1.82) is 0 Å². The standard InChI is InChI=1S/C25H23N3O4S2/c1-2-31-17-7-9-19(10-8-17)32-18-5-3-16(4-6-18)27-22(29)13-28-15-26-24-23(25(28)30)20-11-12-33-14-21(20)34-24/h3-10,15H,2,11-14H2,1H3,(H,27,29). The van der Waals surface area contributed by atoms with E-state index in [0.717, 1.165) is 34.1 Å². The molecule has 2 aromatic heterocycles. The lowest BCUT2D eigenvalue weighted by molar-refractivity contribution is -0.116. The van der Waals surface area contributed by atoms with Gasteiger partial charge in [0.1, 0.15) is 28.6 Å². The molecule has 0 fully saturated rings. The molecule has 0 saturated heterocycles. The van der Waals surface area contributed by atoms with Crippen molar-refractivity contribution in [3.8, 4) is 17.2 Å². The van der Waals surface area contributed by atoms with Crippen molar-refractivity contribution in [1.82, 2.24) is 9.55 Å². The lowest BCUT2D eigenvalue weighted by Crippen LogP contribution is -2.28. The van der Waals surface area contributed by atoms with Crippen molar-refractivity contribution in [3.63, 3.8) is 0 Å². The molecule has 174 valence electrons. The molecule has 0 spiro atoms. The fourth-order valence-electron chi connectivity index (χ4n) is 3.83. The first-order valence-corrected chi connectivity index (χ1v) is 13.0. The number of hydrogen-bond acceptors (Lipinski definition) is 7. The van der Waals surface area contributed by atoms with E-state index in [1.807, 2.05) is 43.0 Å². The van der Waals surface area contributed by atoms with Crippen LogP contribution < -0.4 is 20.3 Å². The predicted molar refractivity (Wildman–Crippen MR) is 137 cm³/mol. The van der Waals surface area contributed by atoms with Gasteiger partial charge in [0, 0.05) is 16.3 Å². The molecule has 4 aromatic rings. The van der Waals surface area contributed by atoms with E-state index in [1.54, 1.807) is 35.6 Å². The molecule has 1 amide bonds. The summed E-state index contributed by atoms with van der Waals surface area (Å²) >= 11 is 3.46. The molecule has 3 heterocycles. The van der Waals surface area contributed by atoms with Crippen LogP contribution in [-0.4, -0.2) is 27.8 Å². The lowest BCUT2D eigenvalue weighted by Gasteiger charge is -2.11. The molecule has 0 aliphatic carbocycles. The Labute approximate surface area is 204 Å². The highest BCUT2D eigenvalue weighted by Gasteiger charge is 2.20. The summed E-state index contributed by atoms with van der Waals surface area (Å²) in [6, 6.07) is 14.5. The highest BCUT2D eigenvalue weighted by atomic mass is 32.2. The van der Waals surface area contributed by atoms with Gasteiger partial charge in [0.05, 0.1) is 18.3 Å². The number of benzene rings is 2. The molecule has 0 saturated carbocycles. The SMILES string of the molecule is CCOc1ccc(Oc2ccc(NC(=O)Cn3cnc4sc5c(c4c3=O)CCSC5)cc2)cc1. The normalized spacial score (nSPS) is 12.9. The highest BCUT2D eigenvalue weighted by Crippen LogP contribution is 2.35. The Bertz CT molecular complexity index is 1380. The van der Waals surface area contributed by atoms with Gasteiger partial charge in [-0.3, -0.25) is 14.2 Å². The van der Waals surface area contributed by atoms with Gasteiger partial charge in [-0.2, -0.15) is 11.8 Å². The average molecular weight is 494 g/mol. The largest absolute Gasteiger partial charge is 0.494 e. The second kappa shape index (κ2) is 9.90. The number of thioether (sulfide) groups is 1. The van der Waals surface area contributed by atoms with E-state index in [9.17, 15) is 9.59 Å². The molecule has 1 aliphatic heterocycles. The smallest absolute Gasteiger partial charge is 0.262 e. The van der Waals surface area contributed by atoms with Crippen LogP contribution in [0, 0.1) is 0 Å². The van der Waals surface area contributed by atoms with Crippen LogP contribution in [-0.2, 0) is 23.5 Å². The zero-order valence-electron chi connectivity index (χ0n) is 18.6. The van der Waals surface area contributed by atoms with Crippen LogP contribution in [0.2, 0.25) is 0 Å². The predicted octanol–water partition coefficient (Wildman–Crippen LogP) is 5.08. The van der Waals surface area contributed by atoms with Gasteiger partial charge >= 0.3 is 0 Å². The number of anilines is 1. The molecule has 0 radical (unpaired) electrons. The van der Waals surface area contributed by atoms with Crippen molar-refractivity contribution in [2.24, 2.45) is 0 Å². The summed E-state index contributed by atoms with van der Waals surface area (Å²) in [6.45, 7) is 2.46. The summed E-state index contributed by atoms with van der Waals surface area (Å²) in [5.41, 5.74) is 1.58. The van der Waals surface area contributed by atoms with E-state index in [0.29, 0.717) is 29.2 Å². The van der Waals surface area contributed by atoms with Crippen molar-refractivity contribution in [2.75, 3.05) is 17.7 Å². The summed E-state index contributed by atoms with van der Waals surface area (Å²) in [7, 11) is 0. The number of hydrogen-bond donors (Lipinski definition) is 1. The van der Waals surface area contributed by atoms with Crippen LogP contribution in [0.4, 0.5) is 5.69 Å². The van der Waals surface area contributed by atoms with Gasteiger partial charge in [-0.05, 0) is 73.2 Å². The van der Waals surface area contributed by atoms with Crippen LogP contribution in [0.15, 0.2) is 59.7 Å². The molecule has 0 atom stereocenters. The number of nitrogens with zero attached hydrogens (tertiary/aromatic N) is 2. The van der Waals surface area contributed by atoms with Crippen LogP contribution in [0.3, 0.4) is 0 Å². The molecule has 34 heavy (non-hydrogen) atoms. The van der Waals surface area contributed by atoms with Crippen LogP contribution in [0.1, 0.15) is 17.4 Å². The second-order valence-corrected chi connectivity index (χ2v) is 9.93. The molecule has 0 unspecified atom stereocenters. The monoisotopic (exact) mass is 493 g/mol. The summed E-state index contributed by atoms with van der Waals surface area (Å²) in [6.07, 6.45) is 2.34. The Morgan fingerprint density at radius 2 is 1.79 bits per heavy atom. The van der Waals surface area contributed by atoms with Gasteiger partial charge in [0.2, 0.25) is 5.91 Å². The first kappa shape index (κ1) is 22.5. The van der Waals surface area contributed by atoms with Crippen molar-refractivity contribution in [2.45, 2.75) is 25.6 Å². The topological polar surface area (TPSA) is 82.4 Å². The summed E-state index contributed by atoms with van der Waals surface area (Å²) in [5, 5.41) is 3.51. The summed E-state index contributed by atoms with van der Waals surface area (Å²) < 4.78 is 12.7. The van der Waals surface area contributed by atoms with Gasteiger partial charge in [-0.1, -0.05) is 0 Å². The molecule has 5 rings (SSSR count). The molecule has 7 nitrogen and oxygen atoms in total. The Morgan fingerprint density at radius 1 is 1.09 bits per heavy atom. The summed E-state index contributed by atoms with van der Waals surface area (Å²) in [5.74, 6) is 3.77. The minimum Gasteiger partial charge on any atom is -0.494 e. The molecular weight excluding hydrogens is 470 g/mol. The Morgan fingerprint density at radius 3 is 2.53 bits per heavy atom. The van der Waals surface area contributed by atoms with E-state index >= 15 is 0 Å². The summed E-state index contributed by atoms with van der Waals surface area (Å²) in [4.78, 5) is 32.1. The van der Waals surface area contributed by atoms with Crippen LogP contribution in [0.5, 0.6) is 17.2 Å². The number of rotatable bonds is 7. The molecule has 1 aliphatic rings. The molecule has 9 heteroatoms. The van der Waals surface area contributed by atoms with Gasteiger partial charge < -0.3 is 14.8 Å². The van der Waals surface area contributed by atoms with Gasteiger partial charge in [-0.15, -0.1) is 11.3 Å². The average Bonchev–Trinajstić information content (AvgIpc) is 3.23. The van der Waals surface area contributed by atoms with Gasteiger partial charge in [0.15, 0.2) is 0 Å². The first-order valence-electron chi connectivity index (χ1n) is 11.0.